The second-order valence-electron chi connectivity index (χ2n) is 3.51. The molecule has 1 aliphatic rings. The Hall–Kier alpha value is -0.520. The van der Waals surface area contributed by atoms with E-state index < -0.39 is 0 Å². The van der Waals surface area contributed by atoms with Crippen LogP contribution in [0.4, 0.5) is 0 Å². The van der Waals surface area contributed by atoms with E-state index in [4.69, 9.17) is 5.11 Å². The van der Waals surface area contributed by atoms with E-state index in [0.29, 0.717) is 6.61 Å². The summed E-state index contributed by atoms with van der Waals surface area (Å²) in [6.07, 6.45) is 3.27. The Bertz CT molecular complexity index is 186. The Labute approximate surface area is 74.4 Å². The van der Waals surface area contributed by atoms with Gasteiger partial charge in [-0.2, -0.15) is 0 Å². The largest absolute Gasteiger partial charge is 0.396 e. The SMILES string of the molecule is CC#CCCNCC1(CO)CC1. The Balaban J connectivity index is 1.98. The van der Waals surface area contributed by atoms with Gasteiger partial charge in [-0.1, -0.05) is 0 Å². The smallest absolute Gasteiger partial charge is 0.0499 e. The summed E-state index contributed by atoms with van der Waals surface area (Å²) in [6.45, 7) is 4.09. The van der Waals surface area contributed by atoms with Crippen molar-refractivity contribution in [3.63, 3.8) is 0 Å². The lowest BCUT2D eigenvalue weighted by molar-refractivity contribution is 0.208. The number of hydrogen-bond acceptors (Lipinski definition) is 2. The maximum absolute atomic E-state index is 8.99. The third-order valence-corrected chi connectivity index (χ3v) is 2.40. The molecule has 0 spiro atoms. The predicted molar refractivity (Wildman–Crippen MR) is 49.7 cm³/mol. The highest BCUT2D eigenvalue weighted by Gasteiger charge is 2.41. The Morgan fingerprint density at radius 3 is 2.75 bits per heavy atom. The molecule has 0 aliphatic heterocycles. The molecule has 0 heterocycles. The minimum atomic E-state index is 0.236. The fourth-order valence-electron chi connectivity index (χ4n) is 1.20. The molecule has 2 heteroatoms. The van der Waals surface area contributed by atoms with Gasteiger partial charge in [0.05, 0.1) is 0 Å². The molecule has 1 fully saturated rings. The first-order valence-corrected chi connectivity index (χ1v) is 4.54. The van der Waals surface area contributed by atoms with Crippen LogP contribution in [0.5, 0.6) is 0 Å². The predicted octanol–water partition coefficient (Wildman–Crippen LogP) is 0.762. The van der Waals surface area contributed by atoms with Gasteiger partial charge in [-0.3, -0.25) is 0 Å². The van der Waals surface area contributed by atoms with Crippen LogP contribution >= 0.6 is 0 Å². The van der Waals surface area contributed by atoms with Crippen molar-refractivity contribution in [1.82, 2.24) is 5.32 Å². The van der Waals surface area contributed by atoms with Gasteiger partial charge in [0.2, 0.25) is 0 Å². The average molecular weight is 167 g/mol. The molecule has 0 aromatic rings. The van der Waals surface area contributed by atoms with E-state index in [1.54, 1.807) is 0 Å². The molecular weight excluding hydrogens is 150 g/mol. The number of hydrogen-bond donors (Lipinski definition) is 2. The number of aliphatic hydroxyl groups is 1. The van der Waals surface area contributed by atoms with Gasteiger partial charge in [-0.15, -0.1) is 11.8 Å². The van der Waals surface area contributed by atoms with E-state index in [1.807, 2.05) is 6.92 Å². The molecule has 0 bridgehead atoms. The van der Waals surface area contributed by atoms with E-state index >= 15 is 0 Å². The Morgan fingerprint density at radius 1 is 1.50 bits per heavy atom. The fourth-order valence-corrected chi connectivity index (χ4v) is 1.20. The Morgan fingerprint density at radius 2 is 2.25 bits per heavy atom. The van der Waals surface area contributed by atoms with Crippen molar-refractivity contribution in [2.45, 2.75) is 26.2 Å². The molecule has 0 aromatic heterocycles. The molecule has 0 atom stereocenters. The minimum absolute atomic E-state index is 0.236. The van der Waals surface area contributed by atoms with Gasteiger partial charge < -0.3 is 10.4 Å². The summed E-state index contributed by atoms with van der Waals surface area (Å²) in [5, 5.41) is 12.3. The topological polar surface area (TPSA) is 32.3 Å². The highest BCUT2D eigenvalue weighted by molar-refractivity contribution is 4.97. The first-order chi connectivity index (χ1) is 5.83. The van der Waals surface area contributed by atoms with Crippen molar-refractivity contribution >= 4 is 0 Å². The molecular formula is C10H17NO. The van der Waals surface area contributed by atoms with Gasteiger partial charge in [-0.05, 0) is 19.8 Å². The van der Waals surface area contributed by atoms with Crippen LogP contribution in [0.15, 0.2) is 0 Å². The summed E-state index contributed by atoms with van der Waals surface area (Å²) in [6, 6.07) is 0. The van der Waals surface area contributed by atoms with Crippen LogP contribution in [0.3, 0.4) is 0 Å². The molecule has 1 saturated carbocycles. The Kier molecular flexibility index (Phi) is 3.58. The van der Waals surface area contributed by atoms with Gasteiger partial charge in [-0.25, -0.2) is 0 Å². The van der Waals surface area contributed by atoms with Gasteiger partial charge in [0.1, 0.15) is 0 Å². The van der Waals surface area contributed by atoms with Gasteiger partial charge in [0, 0.05) is 31.5 Å². The van der Waals surface area contributed by atoms with Gasteiger partial charge >= 0.3 is 0 Å². The van der Waals surface area contributed by atoms with Gasteiger partial charge in [0.25, 0.3) is 0 Å². The first-order valence-electron chi connectivity index (χ1n) is 4.54. The number of rotatable bonds is 5. The summed E-state index contributed by atoms with van der Waals surface area (Å²) in [5.74, 6) is 5.85. The highest BCUT2D eigenvalue weighted by atomic mass is 16.3. The maximum Gasteiger partial charge on any atom is 0.0499 e. The van der Waals surface area contributed by atoms with Crippen molar-refractivity contribution in [3.8, 4) is 11.8 Å². The zero-order valence-electron chi connectivity index (χ0n) is 7.69. The van der Waals surface area contributed by atoms with Crippen molar-refractivity contribution in [2.24, 2.45) is 5.41 Å². The van der Waals surface area contributed by atoms with Crippen LogP contribution in [0.2, 0.25) is 0 Å². The van der Waals surface area contributed by atoms with Crippen molar-refractivity contribution in [1.29, 1.82) is 0 Å². The molecule has 0 aromatic carbocycles. The summed E-state index contributed by atoms with van der Waals surface area (Å²) in [7, 11) is 0. The fraction of sp³-hybridized carbons (Fsp3) is 0.800. The van der Waals surface area contributed by atoms with E-state index in [0.717, 1.165) is 19.5 Å². The zero-order valence-corrected chi connectivity index (χ0v) is 7.69. The lowest BCUT2D eigenvalue weighted by Crippen LogP contribution is -2.27. The lowest BCUT2D eigenvalue weighted by Gasteiger charge is -2.11. The van der Waals surface area contributed by atoms with Gasteiger partial charge in [0.15, 0.2) is 0 Å². The van der Waals surface area contributed by atoms with Crippen LogP contribution in [0.25, 0.3) is 0 Å². The van der Waals surface area contributed by atoms with Crippen molar-refractivity contribution in [2.75, 3.05) is 19.7 Å². The number of nitrogens with one attached hydrogen (secondary N) is 1. The molecule has 0 saturated heterocycles. The highest BCUT2D eigenvalue weighted by Crippen LogP contribution is 2.44. The van der Waals surface area contributed by atoms with Crippen LogP contribution in [0, 0.1) is 17.3 Å². The average Bonchev–Trinajstić information content (AvgIpc) is 2.85. The van der Waals surface area contributed by atoms with Crippen molar-refractivity contribution < 1.29 is 5.11 Å². The molecule has 68 valence electrons. The summed E-state index contributed by atoms with van der Waals surface area (Å²) in [4.78, 5) is 0. The van der Waals surface area contributed by atoms with E-state index in [2.05, 4.69) is 17.2 Å². The van der Waals surface area contributed by atoms with E-state index in [-0.39, 0.29) is 5.41 Å². The first kappa shape index (κ1) is 9.57. The molecule has 2 N–H and O–H groups in total. The maximum atomic E-state index is 8.99. The normalized spacial score (nSPS) is 18.2. The van der Waals surface area contributed by atoms with Crippen LogP contribution in [-0.2, 0) is 0 Å². The standard InChI is InChI=1S/C10H17NO/c1-2-3-4-7-11-8-10(9-12)5-6-10/h11-12H,4-9H2,1H3. The van der Waals surface area contributed by atoms with Crippen LogP contribution < -0.4 is 5.32 Å². The van der Waals surface area contributed by atoms with Crippen LogP contribution in [0.1, 0.15) is 26.2 Å². The third kappa shape index (κ3) is 2.84. The summed E-state index contributed by atoms with van der Waals surface area (Å²) >= 11 is 0. The molecule has 0 amide bonds. The number of aliphatic hydroxyl groups excluding tert-OH is 1. The second-order valence-corrected chi connectivity index (χ2v) is 3.51. The summed E-state index contributed by atoms with van der Waals surface area (Å²) < 4.78 is 0. The monoisotopic (exact) mass is 167 g/mol. The summed E-state index contributed by atoms with van der Waals surface area (Å²) in [5.41, 5.74) is 0.236. The lowest BCUT2D eigenvalue weighted by atomic mass is 10.1. The second kappa shape index (κ2) is 4.49. The molecule has 0 radical (unpaired) electrons. The van der Waals surface area contributed by atoms with Crippen LogP contribution in [-0.4, -0.2) is 24.8 Å². The third-order valence-electron chi connectivity index (χ3n) is 2.40. The van der Waals surface area contributed by atoms with E-state index in [1.165, 1.54) is 12.8 Å². The molecule has 2 nitrogen and oxygen atoms in total. The molecule has 12 heavy (non-hydrogen) atoms. The minimum Gasteiger partial charge on any atom is -0.396 e. The molecule has 1 rings (SSSR count). The molecule has 0 unspecified atom stereocenters. The zero-order chi connectivity index (χ0) is 8.86. The van der Waals surface area contributed by atoms with Crippen molar-refractivity contribution in [3.05, 3.63) is 0 Å². The molecule has 1 aliphatic carbocycles. The van der Waals surface area contributed by atoms with E-state index in [9.17, 15) is 0 Å². The quantitative estimate of drug-likeness (QED) is 0.468.